The number of ether oxygens (including phenoxy) is 3. The van der Waals surface area contributed by atoms with Gasteiger partial charge < -0.3 is 75.5 Å². The molecule has 0 saturated carbocycles. The van der Waals surface area contributed by atoms with E-state index in [4.69, 9.17) is 19.3 Å². The molecule has 0 aromatic carbocycles. The lowest BCUT2D eigenvalue weighted by molar-refractivity contribution is -0.204. The zero-order valence-corrected chi connectivity index (χ0v) is 20.5. The van der Waals surface area contributed by atoms with Gasteiger partial charge in [0.1, 0.15) is 12.2 Å². The molecule has 1 rings (SSSR count). The average Bonchev–Trinajstić information content (AvgIpc) is 2.88. The third kappa shape index (κ3) is 9.81. The van der Waals surface area contributed by atoms with E-state index in [1.165, 1.54) is 0 Å². The van der Waals surface area contributed by atoms with Crippen molar-refractivity contribution in [2.75, 3.05) is 33.0 Å². The standard InChI is InChI=1S/C22H40O15/c1-22(10-26)7-11(14(28)8-25)6-12(37-22)9-35-20(33)19(32)17(30)15(3-5-24)36-21(34)18(31)16(29)13(27)2-4-23/h11-15,20-21,23-34H,2-10H2,1H3/b18-16-,19-17-/t11?,12?,13-,14?,15?,20-,21-,22?/m1/s1. The summed E-state index contributed by atoms with van der Waals surface area (Å²) >= 11 is 0. The van der Waals surface area contributed by atoms with Crippen LogP contribution in [0, 0.1) is 5.92 Å². The predicted molar refractivity (Wildman–Crippen MR) is 123 cm³/mol. The topological polar surface area (TPSA) is 270 Å². The highest BCUT2D eigenvalue weighted by atomic mass is 16.6. The molecule has 12 N–H and O–H groups in total. The quantitative estimate of drug-likeness (QED) is 0.0719. The van der Waals surface area contributed by atoms with Crippen LogP contribution in [0.1, 0.15) is 32.6 Å². The van der Waals surface area contributed by atoms with Crippen LogP contribution in [0.5, 0.6) is 0 Å². The Hall–Kier alpha value is -1.76. The molecule has 1 fully saturated rings. The minimum Gasteiger partial charge on any atom is -0.506 e. The number of hydrogen-bond donors (Lipinski definition) is 12. The van der Waals surface area contributed by atoms with E-state index in [9.17, 15) is 56.2 Å². The maximum atomic E-state index is 10.3. The van der Waals surface area contributed by atoms with Gasteiger partial charge in [-0.3, -0.25) is 0 Å². The first-order valence-corrected chi connectivity index (χ1v) is 11.7. The second kappa shape index (κ2) is 15.6. The summed E-state index contributed by atoms with van der Waals surface area (Å²) in [6.45, 7) is -0.908. The van der Waals surface area contributed by atoms with Crippen molar-refractivity contribution < 1.29 is 75.5 Å². The molecule has 1 heterocycles. The minimum atomic E-state index is -2.35. The Balaban J connectivity index is 2.93. The molecule has 37 heavy (non-hydrogen) atoms. The fourth-order valence-electron chi connectivity index (χ4n) is 3.85. The van der Waals surface area contributed by atoms with Crippen LogP contribution in [-0.2, 0) is 14.2 Å². The van der Waals surface area contributed by atoms with Crippen molar-refractivity contribution in [2.24, 2.45) is 5.92 Å². The predicted octanol–water partition coefficient (Wildman–Crippen LogP) is -2.29. The van der Waals surface area contributed by atoms with Crippen molar-refractivity contribution in [1.29, 1.82) is 0 Å². The van der Waals surface area contributed by atoms with Crippen molar-refractivity contribution in [3.63, 3.8) is 0 Å². The Kier molecular flexibility index (Phi) is 14.0. The first-order valence-electron chi connectivity index (χ1n) is 11.7. The van der Waals surface area contributed by atoms with Gasteiger partial charge in [-0.1, -0.05) is 0 Å². The van der Waals surface area contributed by atoms with Crippen LogP contribution in [0.4, 0.5) is 0 Å². The van der Waals surface area contributed by atoms with Crippen LogP contribution in [0.3, 0.4) is 0 Å². The van der Waals surface area contributed by atoms with Crippen LogP contribution < -0.4 is 0 Å². The molecule has 15 heteroatoms. The van der Waals surface area contributed by atoms with Gasteiger partial charge in [0.2, 0.25) is 12.6 Å². The fraction of sp³-hybridized carbons (Fsp3) is 0.818. The molecule has 0 aromatic heterocycles. The molecular weight excluding hydrogens is 504 g/mol. The van der Waals surface area contributed by atoms with Gasteiger partial charge in [0, 0.05) is 26.1 Å². The summed E-state index contributed by atoms with van der Waals surface area (Å²) in [5.41, 5.74) is -1.07. The van der Waals surface area contributed by atoms with E-state index in [1.807, 2.05) is 0 Å². The minimum absolute atomic E-state index is 0.181. The highest BCUT2D eigenvalue weighted by Gasteiger charge is 2.41. The van der Waals surface area contributed by atoms with Crippen molar-refractivity contribution >= 4 is 0 Å². The summed E-state index contributed by atoms with van der Waals surface area (Å²) < 4.78 is 15.8. The van der Waals surface area contributed by atoms with Crippen LogP contribution in [0.25, 0.3) is 0 Å². The molecule has 0 aliphatic carbocycles. The molecule has 0 aromatic rings. The maximum absolute atomic E-state index is 10.3. The second-order valence-corrected chi connectivity index (χ2v) is 9.04. The van der Waals surface area contributed by atoms with Crippen LogP contribution >= 0.6 is 0 Å². The molecule has 0 amide bonds. The van der Waals surface area contributed by atoms with E-state index in [2.05, 4.69) is 0 Å². The van der Waals surface area contributed by atoms with E-state index < -0.39 is 104 Å². The van der Waals surface area contributed by atoms with E-state index in [1.54, 1.807) is 6.92 Å². The second-order valence-electron chi connectivity index (χ2n) is 9.04. The summed E-state index contributed by atoms with van der Waals surface area (Å²) in [6.07, 6.45) is -10.3. The van der Waals surface area contributed by atoms with E-state index in [0.717, 1.165) is 0 Å². The van der Waals surface area contributed by atoms with Crippen LogP contribution in [-0.4, -0.2) is 137 Å². The normalized spacial score (nSPS) is 28.0. The molecule has 218 valence electrons. The summed E-state index contributed by atoms with van der Waals surface area (Å²) in [6, 6.07) is 0. The van der Waals surface area contributed by atoms with E-state index in [-0.39, 0.29) is 25.9 Å². The Morgan fingerprint density at radius 3 is 2.00 bits per heavy atom. The lowest BCUT2D eigenvalue weighted by Crippen LogP contribution is -2.49. The number of aliphatic hydroxyl groups excluding tert-OH is 12. The van der Waals surface area contributed by atoms with Crippen molar-refractivity contribution in [2.45, 2.75) is 75.2 Å². The van der Waals surface area contributed by atoms with E-state index >= 15 is 0 Å². The zero-order chi connectivity index (χ0) is 28.3. The number of rotatable bonds is 16. The largest absolute Gasteiger partial charge is 0.506 e. The average molecular weight is 545 g/mol. The Morgan fingerprint density at radius 1 is 0.865 bits per heavy atom. The number of hydrogen-bond acceptors (Lipinski definition) is 15. The first kappa shape index (κ1) is 33.3. The first-order chi connectivity index (χ1) is 17.3. The maximum Gasteiger partial charge on any atom is 0.218 e. The molecule has 1 aliphatic rings. The highest BCUT2D eigenvalue weighted by Crippen LogP contribution is 2.35. The SMILES string of the molecule is CC1(CO)CC(C(O)CO)CC(CO[C@@H](O)/C(O)=C(/O)C(CCO)O[C@@H](O)/C(O)=C(/O)[C@H](O)CCO)O1. The van der Waals surface area contributed by atoms with Crippen LogP contribution in [0.2, 0.25) is 0 Å². The van der Waals surface area contributed by atoms with Crippen molar-refractivity contribution in [3.8, 4) is 0 Å². The molecule has 15 nitrogen and oxygen atoms in total. The van der Waals surface area contributed by atoms with Gasteiger partial charge in [-0.05, 0) is 25.7 Å². The molecule has 0 bridgehead atoms. The van der Waals surface area contributed by atoms with Gasteiger partial charge in [0.25, 0.3) is 0 Å². The summed E-state index contributed by atoms with van der Waals surface area (Å²) in [5, 5.41) is 117. The number of aliphatic hydroxyl groups is 12. The van der Waals surface area contributed by atoms with Crippen LogP contribution in [0.15, 0.2) is 23.0 Å². The Labute approximate surface area is 213 Å². The molecule has 1 aliphatic heterocycles. The molecule has 5 unspecified atom stereocenters. The van der Waals surface area contributed by atoms with Gasteiger partial charge in [-0.15, -0.1) is 0 Å². The Bertz CT molecular complexity index is 744. The third-order valence-corrected chi connectivity index (χ3v) is 5.92. The lowest BCUT2D eigenvalue weighted by atomic mass is 9.82. The monoisotopic (exact) mass is 544 g/mol. The smallest absolute Gasteiger partial charge is 0.218 e. The zero-order valence-electron chi connectivity index (χ0n) is 20.5. The van der Waals surface area contributed by atoms with E-state index in [0.29, 0.717) is 0 Å². The van der Waals surface area contributed by atoms with Gasteiger partial charge >= 0.3 is 0 Å². The summed E-state index contributed by atoms with van der Waals surface area (Å²) in [4.78, 5) is 0. The molecule has 0 radical (unpaired) electrons. The lowest BCUT2D eigenvalue weighted by Gasteiger charge is -2.43. The van der Waals surface area contributed by atoms with Gasteiger partial charge in [-0.25, -0.2) is 0 Å². The van der Waals surface area contributed by atoms with Crippen molar-refractivity contribution in [3.05, 3.63) is 23.0 Å². The van der Waals surface area contributed by atoms with Crippen molar-refractivity contribution in [1.82, 2.24) is 0 Å². The molecule has 0 spiro atoms. The molecule has 1 saturated heterocycles. The highest BCUT2D eigenvalue weighted by molar-refractivity contribution is 5.10. The molecule has 8 atom stereocenters. The summed E-state index contributed by atoms with van der Waals surface area (Å²) in [5.74, 6) is -5.11. The fourth-order valence-corrected chi connectivity index (χ4v) is 3.85. The van der Waals surface area contributed by atoms with Gasteiger partial charge in [0.15, 0.2) is 23.0 Å². The van der Waals surface area contributed by atoms with Gasteiger partial charge in [-0.2, -0.15) is 0 Å². The Morgan fingerprint density at radius 2 is 1.46 bits per heavy atom. The summed E-state index contributed by atoms with van der Waals surface area (Å²) in [7, 11) is 0. The molecular formula is C22H40O15. The third-order valence-electron chi connectivity index (χ3n) is 5.92. The van der Waals surface area contributed by atoms with Gasteiger partial charge in [0.05, 0.1) is 37.6 Å².